The van der Waals surface area contributed by atoms with E-state index in [0.29, 0.717) is 0 Å². The van der Waals surface area contributed by atoms with Crippen LogP contribution in [0.15, 0.2) is 30.3 Å². The van der Waals surface area contributed by atoms with Gasteiger partial charge in [0.15, 0.2) is 0 Å². The predicted octanol–water partition coefficient (Wildman–Crippen LogP) is 4.89. The molecule has 2 nitrogen and oxygen atoms in total. The third-order valence-corrected chi connectivity index (χ3v) is 4.27. The molecule has 0 unspecified atom stereocenters. The van der Waals surface area contributed by atoms with Crippen LogP contribution >= 0.6 is 11.8 Å². The zero-order valence-corrected chi connectivity index (χ0v) is 13.6. The first-order valence-electron chi connectivity index (χ1n) is 6.82. The maximum Gasteiger partial charge on any atom is 0.282 e. The van der Waals surface area contributed by atoms with Gasteiger partial charge in [0.2, 0.25) is 0 Å². The third-order valence-electron chi connectivity index (χ3n) is 3.13. The number of benzene rings is 1. The maximum absolute atomic E-state index is 12.5. The predicted molar refractivity (Wildman–Crippen MR) is 84.6 cm³/mol. The second-order valence-electron chi connectivity index (χ2n) is 5.84. The van der Waals surface area contributed by atoms with Crippen molar-refractivity contribution in [1.82, 2.24) is 4.90 Å². The highest BCUT2D eigenvalue weighted by Crippen LogP contribution is 2.37. The molecular formula is C16H25NOS. The molecule has 0 spiro atoms. The molecule has 0 heterocycles. The van der Waals surface area contributed by atoms with Crippen LogP contribution in [-0.4, -0.2) is 22.2 Å². The Balaban J connectivity index is 2.86. The number of carbonyl (C=O) groups excluding carboxylic acids is 1. The minimum absolute atomic E-state index is 0.152. The quantitative estimate of drug-likeness (QED) is 0.781. The Morgan fingerprint density at radius 3 is 1.95 bits per heavy atom. The van der Waals surface area contributed by atoms with Crippen LogP contribution in [0.25, 0.3) is 0 Å². The van der Waals surface area contributed by atoms with Crippen molar-refractivity contribution in [2.75, 3.05) is 0 Å². The third kappa shape index (κ3) is 4.27. The SMILES string of the molecule is CC(C)N(C(=O)SC(C)(C)c1ccccc1)C(C)C. The van der Waals surface area contributed by atoms with Crippen LogP contribution in [-0.2, 0) is 4.75 Å². The first kappa shape index (κ1) is 16.1. The average molecular weight is 279 g/mol. The summed E-state index contributed by atoms with van der Waals surface area (Å²) in [4.78, 5) is 14.4. The zero-order chi connectivity index (χ0) is 14.6. The Hall–Kier alpha value is -0.960. The van der Waals surface area contributed by atoms with E-state index in [-0.39, 0.29) is 22.1 Å². The molecule has 1 rings (SSSR count). The summed E-state index contributed by atoms with van der Waals surface area (Å²) in [7, 11) is 0. The first-order chi connectivity index (χ1) is 8.75. The molecule has 106 valence electrons. The summed E-state index contributed by atoms with van der Waals surface area (Å²) < 4.78 is -0.208. The van der Waals surface area contributed by atoms with Gasteiger partial charge in [-0.15, -0.1) is 0 Å². The summed E-state index contributed by atoms with van der Waals surface area (Å²) in [6.07, 6.45) is 0. The van der Waals surface area contributed by atoms with Gasteiger partial charge >= 0.3 is 0 Å². The molecule has 0 aromatic heterocycles. The molecular weight excluding hydrogens is 254 g/mol. The Bertz CT molecular complexity index is 404. The van der Waals surface area contributed by atoms with E-state index in [2.05, 4.69) is 53.7 Å². The van der Waals surface area contributed by atoms with E-state index in [1.54, 1.807) is 0 Å². The highest BCUT2D eigenvalue weighted by atomic mass is 32.2. The molecule has 0 saturated heterocycles. The van der Waals surface area contributed by atoms with Gasteiger partial charge in [-0.05, 0) is 47.1 Å². The van der Waals surface area contributed by atoms with Gasteiger partial charge in [-0.1, -0.05) is 42.1 Å². The van der Waals surface area contributed by atoms with E-state index < -0.39 is 0 Å². The zero-order valence-electron chi connectivity index (χ0n) is 12.8. The van der Waals surface area contributed by atoms with E-state index in [9.17, 15) is 4.79 Å². The molecule has 0 radical (unpaired) electrons. The fraction of sp³-hybridized carbons (Fsp3) is 0.562. The van der Waals surface area contributed by atoms with Gasteiger partial charge in [-0.2, -0.15) is 0 Å². The number of thioether (sulfide) groups is 1. The number of carbonyl (C=O) groups is 1. The lowest BCUT2D eigenvalue weighted by Crippen LogP contribution is -2.41. The van der Waals surface area contributed by atoms with Crippen molar-refractivity contribution in [2.24, 2.45) is 0 Å². The second kappa shape index (κ2) is 6.47. The summed E-state index contributed by atoms with van der Waals surface area (Å²) in [6, 6.07) is 10.7. The molecule has 0 N–H and O–H groups in total. The largest absolute Gasteiger partial charge is 0.329 e. The molecule has 0 aliphatic carbocycles. The van der Waals surface area contributed by atoms with Crippen LogP contribution in [0.5, 0.6) is 0 Å². The Morgan fingerprint density at radius 2 is 1.53 bits per heavy atom. The van der Waals surface area contributed by atoms with Crippen molar-refractivity contribution in [3.05, 3.63) is 35.9 Å². The molecule has 1 aromatic rings. The molecule has 0 aliphatic rings. The molecule has 1 aromatic carbocycles. The van der Waals surface area contributed by atoms with Gasteiger partial charge < -0.3 is 4.90 Å². The number of rotatable bonds is 4. The van der Waals surface area contributed by atoms with Crippen LogP contribution in [0.2, 0.25) is 0 Å². The van der Waals surface area contributed by atoms with Gasteiger partial charge in [0.05, 0.1) is 0 Å². The molecule has 3 heteroatoms. The van der Waals surface area contributed by atoms with Crippen molar-refractivity contribution in [3.8, 4) is 0 Å². The van der Waals surface area contributed by atoms with Crippen LogP contribution in [0, 0.1) is 0 Å². The lowest BCUT2D eigenvalue weighted by atomic mass is 10.0. The lowest BCUT2D eigenvalue weighted by Gasteiger charge is -2.33. The summed E-state index contributed by atoms with van der Waals surface area (Å²) in [5.74, 6) is 0. The van der Waals surface area contributed by atoms with Crippen LogP contribution in [0.4, 0.5) is 4.79 Å². The molecule has 0 fully saturated rings. The minimum Gasteiger partial charge on any atom is -0.329 e. The van der Waals surface area contributed by atoms with Gasteiger partial charge in [0.1, 0.15) is 0 Å². The number of nitrogens with zero attached hydrogens (tertiary/aromatic N) is 1. The van der Waals surface area contributed by atoms with Crippen LogP contribution in [0.1, 0.15) is 47.1 Å². The molecule has 0 saturated carbocycles. The molecule has 0 aliphatic heterocycles. The first-order valence-corrected chi connectivity index (χ1v) is 7.64. The summed E-state index contributed by atoms with van der Waals surface area (Å²) >= 11 is 1.41. The highest BCUT2D eigenvalue weighted by molar-refractivity contribution is 8.14. The summed E-state index contributed by atoms with van der Waals surface area (Å²) in [5.41, 5.74) is 1.18. The van der Waals surface area contributed by atoms with E-state index in [1.807, 2.05) is 23.1 Å². The van der Waals surface area contributed by atoms with E-state index in [1.165, 1.54) is 17.3 Å². The fourth-order valence-corrected chi connectivity index (χ4v) is 3.40. The van der Waals surface area contributed by atoms with Crippen LogP contribution < -0.4 is 0 Å². The van der Waals surface area contributed by atoms with Gasteiger partial charge in [0, 0.05) is 16.8 Å². The Morgan fingerprint density at radius 1 is 1.05 bits per heavy atom. The normalized spacial score (nSPS) is 12.0. The highest BCUT2D eigenvalue weighted by Gasteiger charge is 2.29. The van der Waals surface area contributed by atoms with Crippen molar-refractivity contribution >= 4 is 17.0 Å². The fourth-order valence-electron chi connectivity index (χ4n) is 2.19. The molecule has 19 heavy (non-hydrogen) atoms. The topological polar surface area (TPSA) is 20.3 Å². The number of hydrogen-bond acceptors (Lipinski definition) is 2. The van der Waals surface area contributed by atoms with E-state index in [0.717, 1.165) is 0 Å². The molecule has 0 bridgehead atoms. The van der Waals surface area contributed by atoms with E-state index in [4.69, 9.17) is 0 Å². The minimum atomic E-state index is -0.208. The Labute approximate surface area is 121 Å². The number of hydrogen-bond donors (Lipinski definition) is 0. The number of amides is 1. The van der Waals surface area contributed by atoms with Crippen molar-refractivity contribution in [3.63, 3.8) is 0 Å². The maximum atomic E-state index is 12.5. The monoisotopic (exact) mass is 279 g/mol. The smallest absolute Gasteiger partial charge is 0.282 e. The standard InChI is InChI=1S/C16H25NOS/c1-12(2)17(13(3)4)15(18)19-16(5,6)14-10-8-7-9-11-14/h7-13H,1-6H3. The van der Waals surface area contributed by atoms with E-state index >= 15 is 0 Å². The second-order valence-corrected chi connectivity index (χ2v) is 7.41. The summed E-state index contributed by atoms with van der Waals surface area (Å²) in [5, 5.41) is 0.152. The van der Waals surface area contributed by atoms with Crippen molar-refractivity contribution < 1.29 is 4.79 Å². The van der Waals surface area contributed by atoms with Gasteiger partial charge in [-0.3, -0.25) is 4.79 Å². The summed E-state index contributed by atoms with van der Waals surface area (Å²) in [6.45, 7) is 12.5. The molecule has 1 amide bonds. The Kier molecular flexibility index (Phi) is 5.48. The van der Waals surface area contributed by atoms with Gasteiger partial charge in [0.25, 0.3) is 5.24 Å². The lowest BCUT2D eigenvalue weighted by molar-refractivity contribution is 0.189. The van der Waals surface area contributed by atoms with Crippen LogP contribution in [0.3, 0.4) is 0 Å². The van der Waals surface area contributed by atoms with Gasteiger partial charge in [-0.25, -0.2) is 0 Å². The average Bonchev–Trinajstić information content (AvgIpc) is 2.28. The van der Waals surface area contributed by atoms with Crippen molar-refractivity contribution in [1.29, 1.82) is 0 Å². The van der Waals surface area contributed by atoms with Crippen molar-refractivity contribution in [2.45, 2.75) is 58.4 Å². The molecule has 0 atom stereocenters.